The van der Waals surface area contributed by atoms with Crippen molar-refractivity contribution in [3.63, 3.8) is 0 Å². The Morgan fingerprint density at radius 1 is 0.929 bits per heavy atom. The molecule has 0 saturated heterocycles. The maximum absolute atomic E-state index is 5.03. The molecule has 0 bridgehead atoms. The van der Waals surface area contributed by atoms with E-state index in [4.69, 9.17) is 9.98 Å². The number of nitrogens with zero attached hydrogens (tertiary/aromatic N) is 2. The van der Waals surface area contributed by atoms with Gasteiger partial charge in [-0.1, -0.05) is 97.4 Å². The van der Waals surface area contributed by atoms with Gasteiger partial charge in [0.1, 0.15) is 0 Å². The Bertz CT molecular complexity index is 1880. The fourth-order valence-electron chi connectivity index (χ4n) is 6.75. The molecule has 0 saturated carbocycles. The Morgan fingerprint density at radius 3 is 2.40 bits per heavy atom. The molecule has 1 aliphatic heterocycles. The van der Waals surface area contributed by atoms with Crippen LogP contribution < -0.4 is 0 Å². The van der Waals surface area contributed by atoms with Gasteiger partial charge >= 0.3 is 0 Å². The van der Waals surface area contributed by atoms with Crippen molar-refractivity contribution in [2.75, 3.05) is 7.05 Å². The lowest BCUT2D eigenvalue weighted by atomic mass is 9.80. The van der Waals surface area contributed by atoms with Gasteiger partial charge in [-0.15, -0.1) is 17.9 Å². The summed E-state index contributed by atoms with van der Waals surface area (Å²) in [4.78, 5) is 9.82. The van der Waals surface area contributed by atoms with Crippen molar-refractivity contribution < 1.29 is 0 Å². The average molecular weight is 567 g/mol. The highest BCUT2D eigenvalue weighted by atomic mass is 32.1. The van der Waals surface area contributed by atoms with Crippen molar-refractivity contribution in [1.82, 2.24) is 0 Å². The van der Waals surface area contributed by atoms with Gasteiger partial charge in [0.15, 0.2) is 0 Å². The van der Waals surface area contributed by atoms with Crippen molar-refractivity contribution >= 4 is 42.9 Å². The Hall–Kier alpha value is -4.08. The van der Waals surface area contributed by atoms with Crippen LogP contribution in [0.5, 0.6) is 0 Å². The van der Waals surface area contributed by atoms with E-state index in [1.54, 1.807) is 0 Å². The molecule has 0 radical (unpaired) electrons. The Balaban J connectivity index is 1.43. The van der Waals surface area contributed by atoms with Crippen molar-refractivity contribution in [1.29, 1.82) is 0 Å². The summed E-state index contributed by atoms with van der Waals surface area (Å²) >= 11 is 1.91. The predicted molar refractivity (Wildman–Crippen MR) is 185 cm³/mol. The van der Waals surface area contributed by atoms with Crippen molar-refractivity contribution in [2.24, 2.45) is 9.98 Å². The minimum absolute atomic E-state index is 0.0403. The monoisotopic (exact) mass is 566 g/mol. The molecule has 4 aromatic carbocycles. The van der Waals surface area contributed by atoms with E-state index in [0.717, 1.165) is 25.0 Å². The number of aryl methyl sites for hydroxylation is 3. The average Bonchev–Trinajstić information content (AvgIpc) is 3.38. The van der Waals surface area contributed by atoms with Crippen LogP contribution in [-0.2, 0) is 6.42 Å². The Kier molecular flexibility index (Phi) is 7.79. The quantitative estimate of drug-likeness (QED) is 0.132. The SMILES string of the molecule is C=CC1=NC(C=C)C(CCc2ccc3c(sc4cc(-c5cc(C)cc(C)c5)ccc43)c2C(CC)=NC)c2ccccc21. The number of allylic oxidation sites excluding steroid dienone is 1. The fraction of sp³-hybridized carbons (Fsp3) is 0.231. The van der Waals surface area contributed by atoms with E-state index >= 15 is 0 Å². The maximum Gasteiger partial charge on any atom is 0.0753 e. The highest BCUT2D eigenvalue weighted by molar-refractivity contribution is 7.26. The third kappa shape index (κ3) is 4.97. The number of thiophene rings is 1. The normalized spacial score (nSPS) is 16.9. The van der Waals surface area contributed by atoms with Gasteiger partial charge in [-0.05, 0) is 67.5 Å². The zero-order chi connectivity index (χ0) is 29.4. The molecule has 0 aliphatic carbocycles. The van der Waals surface area contributed by atoms with Gasteiger partial charge in [-0.2, -0.15) is 0 Å². The molecular formula is C39H38N2S. The van der Waals surface area contributed by atoms with E-state index in [0.29, 0.717) is 0 Å². The van der Waals surface area contributed by atoms with Gasteiger partial charge in [-0.3, -0.25) is 9.98 Å². The third-order valence-electron chi connectivity index (χ3n) is 8.67. The summed E-state index contributed by atoms with van der Waals surface area (Å²) in [5, 5.41) is 2.64. The number of hydrogen-bond acceptors (Lipinski definition) is 3. The zero-order valence-corrected chi connectivity index (χ0v) is 25.9. The van der Waals surface area contributed by atoms with Crippen LogP contribution in [0.1, 0.15) is 59.1 Å². The molecule has 0 fully saturated rings. The molecule has 0 N–H and O–H groups in total. The lowest BCUT2D eigenvalue weighted by Gasteiger charge is -2.30. The molecule has 2 heterocycles. The second-order valence-corrected chi connectivity index (χ2v) is 12.4. The van der Waals surface area contributed by atoms with Crippen molar-refractivity contribution in [3.05, 3.63) is 131 Å². The van der Waals surface area contributed by atoms with E-state index in [9.17, 15) is 0 Å². The van der Waals surface area contributed by atoms with Gasteiger partial charge in [-0.25, -0.2) is 0 Å². The summed E-state index contributed by atoms with van der Waals surface area (Å²) in [5.41, 5.74) is 12.5. The second kappa shape index (κ2) is 11.7. The van der Waals surface area contributed by atoms with Crippen molar-refractivity contribution in [2.45, 2.75) is 52.0 Å². The number of fused-ring (bicyclic) bond motifs is 4. The molecule has 3 heteroatoms. The van der Waals surface area contributed by atoms with Gasteiger partial charge < -0.3 is 0 Å². The van der Waals surface area contributed by atoms with Gasteiger partial charge in [0.25, 0.3) is 0 Å². The molecule has 2 atom stereocenters. The molecule has 2 nitrogen and oxygen atoms in total. The first-order chi connectivity index (χ1) is 20.4. The third-order valence-corrected chi connectivity index (χ3v) is 9.86. The number of rotatable bonds is 8. The lowest BCUT2D eigenvalue weighted by Crippen LogP contribution is -2.24. The van der Waals surface area contributed by atoms with Crippen LogP contribution >= 0.6 is 11.3 Å². The largest absolute Gasteiger partial charge is 0.292 e. The number of hydrogen-bond donors (Lipinski definition) is 0. The zero-order valence-electron chi connectivity index (χ0n) is 25.1. The van der Waals surface area contributed by atoms with E-state index in [1.165, 1.54) is 70.4 Å². The Labute approximate surface area is 253 Å². The van der Waals surface area contributed by atoms with Crippen LogP contribution in [-0.4, -0.2) is 24.5 Å². The minimum Gasteiger partial charge on any atom is -0.292 e. The predicted octanol–water partition coefficient (Wildman–Crippen LogP) is 10.4. The first-order valence-electron chi connectivity index (χ1n) is 14.9. The fourth-order valence-corrected chi connectivity index (χ4v) is 8.08. The molecule has 42 heavy (non-hydrogen) atoms. The molecule has 1 aliphatic rings. The first kappa shape index (κ1) is 28.1. The van der Waals surface area contributed by atoms with Crippen LogP contribution in [0.25, 0.3) is 31.3 Å². The first-order valence-corrected chi connectivity index (χ1v) is 15.7. The smallest absolute Gasteiger partial charge is 0.0753 e. The molecule has 1 aromatic heterocycles. The lowest BCUT2D eigenvalue weighted by molar-refractivity contribution is 0.559. The summed E-state index contributed by atoms with van der Waals surface area (Å²) in [6.45, 7) is 14.7. The van der Waals surface area contributed by atoms with Crippen LogP contribution in [0, 0.1) is 13.8 Å². The van der Waals surface area contributed by atoms with E-state index in [2.05, 4.69) is 107 Å². The van der Waals surface area contributed by atoms with Crippen molar-refractivity contribution in [3.8, 4) is 11.1 Å². The van der Waals surface area contributed by atoms with Crippen LogP contribution in [0.2, 0.25) is 0 Å². The van der Waals surface area contributed by atoms with Crippen LogP contribution in [0.3, 0.4) is 0 Å². The standard InChI is InChI=1S/C39H38N2S/c1-7-34-30-13-11-10-12-29(30)31(35(8-2)41-34)17-14-26-15-19-33-32-18-16-27(28-21-24(4)20-25(5)22-28)23-37(32)42-39(33)38(26)36(9-3)40-6/h7-8,10-13,15-16,18-23,31,35H,1-2,9,14,17H2,3-6H3. The molecular weight excluding hydrogens is 529 g/mol. The number of benzene rings is 4. The van der Waals surface area contributed by atoms with Crippen LogP contribution in [0.15, 0.2) is 108 Å². The molecule has 6 rings (SSSR count). The topological polar surface area (TPSA) is 24.7 Å². The molecule has 0 spiro atoms. The second-order valence-electron chi connectivity index (χ2n) is 11.4. The summed E-state index contributed by atoms with van der Waals surface area (Å²) in [6.07, 6.45) is 6.71. The molecule has 0 amide bonds. The highest BCUT2D eigenvalue weighted by Crippen LogP contribution is 2.41. The maximum atomic E-state index is 5.03. The molecule has 5 aromatic rings. The summed E-state index contributed by atoms with van der Waals surface area (Å²) in [5.74, 6) is 0.275. The van der Waals surface area contributed by atoms with Gasteiger partial charge in [0.2, 0.25) is 0 Å². The van der Waals surface area contributed by atoms with E-state index < -0.39 is 0 Å². The summed E-state index contributed by atoms with van der Waals surface area (Å²) in [7, 11) is 1.93. The van der Waals surface area contributed by atoms with E-state index in [1.807, 2.05) is 30.5 Å². The van der Waals surface area contributed by atoms with Gasteiger partial charge in [0, 0.05) is 50.0 Å². The highest BCUT2D eigenvalue weighted by Gasteiger charge is 2.28. The molecule has 2 unspecified atom stereocenters. The molecule has 210 valence electrons. The Morgan fingerprint density at radius 2 is 1.69 bits per heavy atom. The summed E-state index contributed by atoms with van der Waals surface area (Å²) < 4.78 is 2.67. The minimum atomic E-state index is 0.0403. The number of aliphatic imine (C=N–C) groups is 2. The van der Waals surface area contributed by atoms with E-state index in [-0.39, 0.29) is 12.0 Å². The summed E-state index contributed by atoms with van der Waals surface area (Å²) in [6, 6.07) is 27.1. The van der Waals surface area contributed by atoms with Gasteiger partial charge in [0.05, 0.1) is 11.8 Å². The van der Waals surface area contributed by atoms with Crippen LogP contribution in [0.4, 0.5) is 0 Å².